The molecule has 2 amide bonds. The fourth-order valence-electron chi connectivity index (χ4n) is 2.59. The van der Waals surface area contributed by atoms with Gasteiger partial charge >= 0.3 is 6.16 Å². The molecule has 0 aliphatic heterocycles. The van der Waals surface area contributed by atoms with Gasteiger partial charge in [0.2, 0.25) is 0 Å². The van der Waals surface area contributed by atoms with E-state index in [4.69, 9.17) is 9.47 Å². The van der Waals surface area contributed by atoms with E-state index < -0.39 is 6.16 Å². The second-order valence-corrected chi connectivity index (χ2v) is 7.22. The van der Waals surface area contributed by atoms with Crippen LogP contribution in [0.2, 0.25) is 0 Å². The molecule has 0 saturated heterocycles. The minimum Gasteiger partial charge on any atom is -0.434 e. The highest BCUT2D eigenvalue weighted by Gasteiger charge is 2.10. The van der Waals surface area contributed by atoms with Crippen molar-refractivity contribution in [2.45, 2.75) is 6.92 Å². The van der Waals surface area contributed by atoms with Crippen LogP contribution in [0, 0.1) is 0 Å². The van der Waals surface area contributed by atoms with Crippen LogP contribution in [-0.2, 0) is 4.74 Å². The normalized spacial score (nSPS) is 10.1. The molecular weight excluding hydrogens is 464 g/mol. The van der Waals surface area contributed by atoms with Gasteiger partial charge in [-0.25, -0.2) is 4.79 Å². The number of halogens is 1. The van der Waals surface area contributed by atoms with E-state index in [1.807, 2.05) is 6.07 Å². The average molecular weight is 483 g/mol. The molecule has 0 unspecified atom stereocenters. The average Bonchev–Trinajstić information content (AvgIpc) is 2.75. The zero-order valence-corrected chi connectivity index (χ0v) is 18.1. The van der Waals surface area contributed by atoms with Gasteiger partial charge in [-0.1, -0.05) is 22.0 Å². The van der Waals surface area contributed by atoms with Crippen molar-refractivity contribution in [2.24, 2.45) is 0 Å². The number of benzene rings is 3. The van der Waals surface area contributed by atoms with Gasteiger partial charge in [-0.05, 0) is 73.7 Å². The second-order valence-electron chi connectivity index (χ2n) is 6.31. The molecule has 0 saturated carbocycles. The van der Waals surface area contributed by atoms with E-state index in [0.717, 1.165) is 4.47 Å². The molecule has 158 valence electrons. The third-order valence-electron chi connectivity index (χ3n) is 4.07. The van der Waals surface area contributed by atoms with Crippen molar-refractivity contribution in [1.82, 2.24) is 0 Å². The first-order chi connectivity index (χ1) is 14.9. The number of amides is 2. The van der Waals surface area contributed by atoms with Crippen molar-refractivity contribution in [1.29, 1.82) is 0 Å². The first-order valence-corrected chi connectivity index (χ1v) is 10.2. The van der Waals surface area contributed by atoms with Crippen LogP contribution < -0.4 is 15.4 Å². The van der Waals surface area contributed by atoms with Crippen LogP contribution in [0.25, 0.3) is 0 Å². The fraction of sp³-hybridized carbons (Fsp3) is 0.0870. The molecule has 8 heteroatoms. The molecule has 0 spiro atoms. The zero-order chi connectivity index (χ0) is 22.2. The van der Waals surface area contributed by atoms with Crippen LogP contribution in [0.15, 0.2) is 77.3 Å². The molecule has 7 nitrogen and oxygen atoms in total. The van der Waals surface area contributed by atoms with Crippen molar-refractivity contribution >= 4 is 45.3 Å². The Hall–Kier alpha value is -3.65. The molecule has 0 atom stereocenters. The smallest absolute Gasteiger partial charge is 0.434 e. The lowest BCUT2D eigenvalue weighted by Crippen LogP contribution is -2.13. The van der Waals surface area contributed by atoms with Gasteiger partial charge in [-0.15, -0.1) is 0 Å². The quantitative estimate of drug-likeness (QED) is 0.357. The van der Waals surface area contributed by atoms with Crippen molar-refractivity contribution < 1.29 is 23.9 Å². The van der Waals surface area contributed by atoms with Gasteiger partial charge in [0.15, 0.2) is 0 Å². The van der Waals surface area contributed by atoms with Crippen molar-refractivity contribution in [3.63, 3.8) is 0 Å². The first-order valence-electron chi connectivity index (χ1n) is 9.37. The van der Waals surface area contributed by atoms with E-state index in [1.165, 1.54) is 24.3 Å². The van der Waals surface area contributed by atoms with Gasteiger partial charge in [0.25, 0.3) is 11.8 Å². The largest absolute Gasteiger partial charge is 0.513 e. The number of hydrogen-bond donors (Lipinski definition) is 2. The monoisotopic (exact) mass is 482 g/mol. The molecule has 0 aromatic heterocycles. The van der Waals surface area contributed by atoms with Gasteiger partial charge in [0, 0.05) is 27.0 Å². The third kappa shape index (κ3) is 6.42. The first kappa shape index (κ1) is 22.0. The molecule has 3 rings (SSSR count). The summed E-state index contributed by atoms with van der Waals surface area (Å²) >= 11 is 3.34. The van der Waals surface area contributed by atoms with Crippen LogP contribution >= 0.6 is 15.9 Å². The topological polar surface area (TPSA) is 93.7 Å². The number of rotatable bonds is 6. The second kappa shape index (κ2) is 10.4. The van der Waals surface area contributed by atoms with E-state index >= 15 is 0 Å². The van der Waals surface area contributed by atoms with E-state index in [2.05, 4.69) is 26.6 Å². The SMILES string of the molecule is CCOC(=O)Oc1ccc(C(=O)Nc2ccc(NC(=O)c3cccc(Br)c3)cc2)cc1. The lowest BCUT2D eigenvalue weighted by molar-refractivity contribution is 0.101. The maximum absolute atomic E-state index is 12.4. The van der Waals surface area contributed by atoms with E-state index in [-0.39, 0.29) is 24.2 Å². The van der Waals surface area contributed by atoms with E-state index in [0.29, 0.717) is 22.5 Å². The summed E-state index contributed by atoms with van der Waals surface area (Å²) in [6, 6.07) is 19.9. The molecule has 0 radical (unpaired) electrons. The van der Waals surface area contributed by atoms with Crippen LogP contribution in [-0.4, -0.2) is 24.6 Å². The summed E-state index contributed by atoms with van der Waals surface area (Å²) in [4.78, 5) is 36.0. The molecule has 3 aromatic rings. The Bertz CT molecular complexity index is 1080. The molecule has 3 aromatic carbocycles. The van der Waals surface area contributed by atoms with Gasteiger partial charge in [0.1, 0.15) is 5.75 Å². The van der Waals surface area contributed by atoms with Crippen molar-refractivity contribution in [2.75, 3.05) is 17.2 Å². The standard InChI is InChI=1S/C23H19BrN2O5/c1-2-30-23(29)31-20-12-6-15(7-13-20)21(27)25-18-8-10-19(11-9-18)26-22(28)16-4-3-5-17(24)14-16/h3-14H,2H2,1H3,(H,25,27)(H,26,28). The maximum atomic E-state index is 12.4. The number of hydrogen-bond acceptors (Lipinski definition) is 5. The number of nitrogens with one attached hydrogen (secondary N) is 2. The highest BCUT2D eigenvalue weighted by Crippen LogP contribution is 2.18. The molecular formula is C23H19BrN2O5. The Morgan fingerprint density at radius 3 is 1.94 bits per heavy atom. The lowest BCUT2D eigenvalue weighted by Gasteiger charge is -2.09. The van der Waals surface area contributed by atoms with E-state index in [1.54, 1.807) is 49.4 Å². The van der Waals surface area contributed by atoms with Crippen molar-refractivity contribution in [3.8, 4) is 5.75 Å². The number of carbonyl (C=O) groups is 3. The number of carbonyl (C=O) groups excluding carboxylic acids is 3. The summed E-state index contributed by atoms with van der Waals surface area (Å²) in [5.74, 6) is -0.280. The van der Waals surface area contributed by atoms with Gasteiger partial charge in [-0.3, -0.25) is 9.59 Å². The molecule has 0 bridgehead atoms. The summed E-state index contributed by atoms with van der Waals surface area (Å²) < 4.78 is 10.5. The zero-order valence-electron chi connectivity index (χ0n) is 16.6. The maximum Gasteiger partial charge on any atom is 0.513 e. The fourth-order valence-corrected chi connectivity index (χ4v) is 2.99. The van der Waals surface area contributed by atoms with Crippen LogP contribution in [0.5, 0.6) is 5.75 Å². The Balaban J connectivity index is 1.57. The minimum absolute atomic E-state index is 0.214. The molecule has 0 heterocycles. The Morgan fingerprint density at radius 2 is 1.39 bits per heavy atom. The Morgan fingerprint density at radius 1 is 0.806 bits per heavy atom. The molecule has 0 fully saturated rings. The summed E-state index contributed by atoms with van der Waals surface area (Å²) in [7, 11) is 0. The minimum atomic E-state index is -0.799. The highest BCUT2D eigenvalue weighted by molar-refractivity contribution is 9.10. The van der Waals surface area contributed by atoms with Crippen molar-refractivity contribution in [3.05, 3.63) is 88.4 Å². The lowest BCUT2D eigenvalue weighted by atomic mass is 10.2. The summed E-state index contributed by atoms with van der Waals surface area (Å²) in [6.07, 6.45) is -0.799. The highest BCUT2D eigenvalue weighted by atomic mass is 79.9. The number of anilines is 2. The predicted molar refractivity (Wildman–Crippen MR) is 121 cm³/mol. The van der Waals surface area contributed by atoms with Gasteiger partial charge in [0.05, 0.1) is 6.61 Å². The van der Waals surface area contributed by atoms with Gasteiger partial charge in [-0.2, -0.15) is 0 Å². The molecule has 31 heavy (non-hydrogen) atoms. The third-order valence-corrected chi connectivity index (χ3v) is 4.56. The summed E-state index contributed by atoms with van der Waals surface area (Å²) in [5, 5.41) is 5.57. The number of ether oxygens (including phenoxy) is 2. The van der Waals surface area contributed by atoms with Gasteiger partial charge < -0.3 is 20.1 Å². The molecule has 0 aliphatic rings. The van der Waals surface area contributed by atoms with Crippen LogP contribution in [0.3, 0.4) is 0 Å². The Kier molecular flexibility index (Phi) is 7.40. The predicted octanol–water partition coefficient (Wildman–Crippen LogP) is 5.49. The summed E-state index contributed by atoms with van der Waals surface area (Å²) in [5.41, 5.74) is 2.09. The Labute approximate surface area is 187 Å². The van der Waals surface area contributed by atoms with Crippen LogP contribution in [0.4, 0.5) is 16.2 Å². The molecule has 2 N–H and O–H groups in total. The summed E-state index contributed by atoms with van der Waals surface area (Å²) in [6.45, 7) is 1.89. The van der Waals surface area contributed by atoms with E-state index in [9.17, 15) is 14.4 Å². The van der Waals surface area contributed by atoms with Crippen LogP contribution in [0.1, 0.15) is 27.6 Å². The molecule has 0 aliphatic carbocycles.